The van der Waals surface area contributed by atoms with E-state index in [1.165, 1.54) is 25.2 Å². The molecule has 1 N–H and O–H groups in total. The first kappa shape index (κ1) is 20.7. The topological polar surface area (TPSA) is 75.7 Å². The Morgan fingerprint density at radius 2 is 1.66 bits per heavy atom. The zero-order valence-corrected chi connectivity index (χ0v) is 17.4. The molecule has 0 aliphatic rings. The number of anilines is 2. The molecular weight excluding hydrogens is 412 g/mol. The van der Waals surface area contributed by atoms with E-state index in [9.17, 15) is 13.2 Å². The Bertz CT molecular complexity index is 1130. The minimum absolute atomic E-state index is 0.136. The minimum Gasteiger partial charge on any atom is -0.455 e. The lowest BCUT2D eigenvalue weighted by Crippen LogP contribution is -2.25. The molecule has 0 heterocycles. The van der Waals surface area contributed by atoms with Crippen molar-refractivity contribution in [3.8, 4) is 11.5 Å². The van der Waals surface area contributed by atoms with Crippen molar-refractivity contribution in [3.63, 3.8) is 0 Å². The summed E-state index contributed by atoms with van der Waals surface area (Å²) in [5.41, 5.74) is 1.06. The lowest BCUT2D eigenvalue weighted by Gasteiger charge is -2.18. The monoisotopic (exact) mass is 430 g/mol. The van der Waals surface area contributed by atoms with E-state index in [0.29, 0.717) is 22.9 Å². The van der Waals surface area contributed by atoms with Gasteiger partial charge in [-0.3, -0.25) is 9.10 Å². The molecule has 0 unspecified atom stereocenters. The summed E-state index contributed by atoms with van der Waals surface area (Å²) >= 11 is 6.24. The highest BCUT2D eigenvalue weighted by atomic mass is 35.5. The van der Waals surface area contributed by atoms with Crippen LogP contribution in [0.2, 0.25) is 5.02 Å². The first-order valence-electron chi connectivity index (χ1n) is 8.62. The Morgan fingerprint density at radius 3 is 2.31 bits per heavy atom. The van der Waals surface area contributed by atoms with Crippen molar-refractivity contribution in [2.24, 2.45) is 0 Å². The third-order valence-electron chi connectivity index (χ3n) is 4.16. The van der Waals surface area contributed by atoms with Gasteiger partial charge in [0, 0.05) is 7.05 Å². The lowest BCUT2D eigenvalue weighted by atomic mass is 10.2. The van der Waals surface area contributed by atoms with Gasteiger partial charge in [-0.25, -0.2) is 8.42 Å². The number of carbonyl (C=O) groups is 1. The molecule has 29 heavy (non-hydrogen) atoms. The first-order chi connectivity index (χ1) is 13.8. The summed E-state index contributed by atoms with van der Waals surface area (Å²) in [6.07, 6.45) is 1.09. The molecule has 0 bridgehead atoms. The SMILES string of the molecule is CN(c1ccc(C(=O)Nc2ccccc2Oc2ccccc2)c(Cl)c1)S(C)(=O)=O. The Hall–Kier alpha value is -3.03. The fourth-order valence-electron chi connectivity index (χ4n) is 2.54. The van der Waals surface area contributed by atoms with Gasteiger partial charge in [-0.1, -0.05) is 41.9 Å². The highest BCUT2D eigenvalue weighted by Crippen LogP contribution is 2.31. The molecule has 0 saturated heterocycles. The fourth-order valence-corrected chi connectivity index (χ4v) is 3.30. The predicted molar refractivity (Wildman–Crippen MR) is 116 cm³/mol. The number of nitrogens with zero attached hydrogens (tertiary/aromatic N) is 1. The van der Waals surface area contributed by atoms with Gasteiger partial charge < -0.3 is 10.1 Å². The van der Waals surface area contributed by atoms with Crippen LogP contribution in [0, 0.1) is 0 Å². The van der Waals surface area contributed by atoms with Gasteiger partial charge in [0.1, 0.15) is 5.75 Å². The Balaban J connectivity index is 1.82. The molecule has 0 fully saturated rings. The molecule has 3 rings (SSSR count). The van der Waals surface area contributed by atoms with E-state index in [0.717, 1.165) is 10.6 Å². The van der Waals surface area contributed by atoms with Gasteiger partial charge in [0.05, 0.1) is 28.2 Å². The maximum atomic E-state index is 12.7. The maximum absolute atomic E-state index is 12.7. The Kier molecular flexibility index (Phi) is 6.10. The van der Waals surface area contributed by atoms with E-state index in [4.69, 9.17) is 16.3 Å². The van der Waals surface area contributed by atoms with Gasteiger partial charge in [-0.2, -0.15) is 0 Å². The van der Waals surface area contributed by atoms with E-state index < -0.39 is 15.9 Å². The molecule has 0 aromatic heterocycles. The number of para-hydroxylation sites is 3. The largest absolute Gasteiger partial charge is 0.455 e. The molecule has 0 aliphatic heterocycles. The van der Waals surface area contributed by atoms with Crippen LogP contribution in [-0.4, -0.2) is 27.6 Å². The van der Waals surface area contributed by atoms with Crippen molar-refractivity contribution >= 4 is 38.9 Å². The molecule has 1 amide bonds. The van der Waals surface area contributed by atoms with E-state index in [-0.39, 0.29) is 10.6 Å². The smallest absolute Gasteiger partial charge is 0.257 e. The number of rotatable bonds is 6. The maximum Gasteiger partial charge on any atom is 0.257 e. The molecule has 0 spiro atoms. The van der Waals surface area contributed by atoms with Gasteiger partial charge in [0.2, 0.25) is 10.0 Å². The molecule has 8 heteroatoms. The van der Waals surface area contributed by atoms with E-state index in [2.05, 4.69) is 5.32 Å². The molecule has 3 aromatic carbocycles. The van der Waals surface area contributed by atoms with Crippen molar-refractivity contribution in [3.05, 3.63) is 83.4 Å². The average molecular weight is 431 g/mol. The molecule has 0 aliphatic carbocycles. The lowest BCUT2D eigenvalue weighted by molar-refractivity contribution is 0.102. The summed E-state index contributed by atoms with van der Waals surface area (Å²) in [5, 5.41) is 2.92. The van der Waals surface area contributed by atoms with Crippen molar-refractivity contribution in [2.75, 3.05) is 22.9 Å². The summed E-state index contributed by atoms with van der Waals surface area (Å²) in [7, 11) is -2.02. The van der Waals surface area contributed by atoms with Gasteiger partial charge in [-0.05, 0) is 42.5 Å². The predicted octanol–water partition coefficient (Wildman–Crippen LogP) is 4.78. The number of amides is 1. The average Bonchev–Trinajstić information content (AvgIpc) is 2.69. The molecular formula is C21H19ClN2O4S. The van der Waals surface area contributed by atoms with Crippen molar-refractivity contribution in [1.82, 2.24) is 0 Å². The molecule has 6 nitrogen and oxygen atoms in total. The molecule has 3 aromatic rings. The van der Waals surface area contributed by atoms with Gasteiger partial charge in [-0.15, -0.1) is 0 Å². The standard InChI is InChI=1S/C21H19ClN2O4S/c1-24(29(2,26)27)15-12-13-17(18(22)14-15)21(25)23-19-10-6-7-11-20(19)28-16-8-4-3-5-9-16/h3-14H,1-2H3,(H,23,25). The molecule has 0 saturated carbocycles. The van der Waals surface area contributed by atoms with Crippen molar-refractivity contribution < 1.29 is 17.9 Å². The van der Waals surface area contributed by atoms with E-state index in [1.807, 2.05) is 30.3 Å². The number of benzene rings is 3. The summed E-state index contributed by atoms with van der Waals surface area (Å²) in [4.78, 5) is 12.7. The van der Waals surface area contributed by atoms with Crippen LogP contribution in [0.1, 0.15) is 10.4 Å². The van der Waals surface area contributed by atoms with Crippen LogP contribution in [0.25, 0.3) is 0 Å². The summed E-state index contributed by atoms with van der Waals surface area (Å²) in [5.74, 6) is 0.685. The second kappa shape index (κ2) is 8.55. The zero-order chi connectivity index (χ0) is 21.0. The van der Waals surface area contributed by atoms with Crippen LogP contribution in [-0.2, 0) is 10.0 Å². The summed E-state index contributed by atoms with van der Waals surface area (Å²) in [6.45, 7) is 0. The summed E-state index contributed by atoms with van der Waals surface area (Å²) in [6, 6.07) is 20.7. The van der Waals surface area contributed by atoms with Gasteiger partial charge in [0.25, 0.3) is 5.91 Å². The number of hydrogen-bond donors (Lipinski definition) is 1. The first-order valence-corrected chi connectivity index (χ1v) is 10.8. The normalized spacial score (nSPS) is 11.0. The van der Waals surface area contributed by atoms with Crippen LogP contribution in [0.3, 0.4) is 0 Å². The number of ether oxygens (including phenoxy) is 1. The second-order valence-electron chi connectivity index (χ2n) is 6.26. The molecule has 0 radical (unpaired) electrons. The quantitative estimate of drug-likeness (QED) is 0.610. The minimum atomic E-state index is -3.43. The number of hydrogen-bond acceptors (Lipinski definition) is 4. The van der Waals surface area contributed by atoms with Crippen molar-refractivity contribution in [1.29, 1.82) is 0 Å². The highest BCUT2D eigenvalue weighted by Gasteiger charge is 2.17. The number of halogens is 1. The number of nitrogens with one attached hydrogen (secondary N) is 1. The zero-order valence-electron chi connectivity index (χ0n) is 15.8. The molecule has 150 valence electrons. The summed E-state index contributed by atoms with van der Waals surface area (Å²) < 4.78 is 30.3. The van der Waals surface area contributed by atoms with E-state index >= 15 is 0 Å². The second-order valence-corrected chi connectivity index (χ2v) is 8.68. The van der Waals surface area contributed by atoms with Crippen LogP contribution < -0.4 is 14.4 Å². The third kappa shape index (κ3) is 5.07. The fraction of sp³-hybridized carbons (Fsp3) is 0.0952. The van der Waals surface area contributed by atoms with Gasteiger partial charge in [0.15, 0.2) is 5.75 Å². The van der Waals surface area contributed by atoms with E-state index in [1.54, 1.807) is 24.3 Å². The highest BCUT2D eigenvalue weighted by molar-refractivity contribution is 7.92. The number of carbonyl (C=O) groups excluding carboxylic acids is 1. The Morgan fingerprint density at radius 1 is 1.00 bits per heavy atom. The van der Waals surface area contributed by atoms with Crippen LogP contribution in [0.15, 0.2) is 72.8 Å². The van der Waals surface area contributed by atoms with Crippen LogP contribution in [0.5, 0.6) is 11.5 Å². The third-order valence-corrected chi connectivity index (χ3v) is 5.68. The Labute approximate surface area is 174 Å². The molecule has 0 atom stereocenters. The number of sulfonamides is 1. The van der Waals surface area contributed by atoms with Crippen molar-refractivity contribution in [2.45, 2.75) is 0 Å². The van der Waals surface area contributed by atoms with Gasteiger partial charge >= 0.3 is 0 Å². The van der Waals surface area contributed by atoms with Crippen LogP contribution in [0.4, 0.5) is 11.4 Å². The van der Waals surface area contributed by atoms with Crippen LogP contribution >= 0.6 is 11.6 Å².